The number of nitrogens with zero attached hydrogens (tertiary/aromatic N) is 2. The molecule has 0 spiro atoms. The molecule has 1 rings (SSSR count). The first-order valence-corrected chi connectivity index (χ1v) is 6.54. The Morgan fingerprint density at radius 2 is 2.15 bits per heavy atom. The molecule has 5 nitrogen and oxygen atoms in total. The summed E-state index contributed by atoms with van der Waals surface area (Å²) in [7, 11) is 3.84. The van der Waals surface area contributed by atoms with Crippen LogP contribution >= 0.6 is 0 Å². The summed E-state index contributed by atoms with van der Waals surface area (Å²) in [5.41, 5.74) is 0. The molecule has 0 aromatic carbocycles. The molecule has 0 saturated carbocycles. The van der Waals surface area contributed by atoms with E-state index in [1.165, 1.54) is 0 Å². The minimum Gasteiger partial charge on any atom is -0.374 e. The molecule has 1 N–H and O–H groups in total. The summed E-state index contributed by atoms with van der Waals surface area (Å²) in [6.45, 7) is 2.61. The summed E-state index contributed by atoms with van der Waals surface area (Å²) in [5.74, 6) is -0.604. The molecule has 2 atom stereocenters. The second kappa shape index (κ2) is 7.24. The maximum atomic E-state index is 12.1. The molecule has 0 aliphatic carbocycles. The average Bonchev–Trinajstić information content (AvgIpc) is 2.33. The Bertz CT molecular complexity index is 324. The number of hydrogen-bond acceptors (Lipinski definition) is 4. The third-order valence-corrected chi connectivity index (χ3v) is 3.13. The largest absolute Gasteiger partial charge is 0.405 e. The molecule has 0 aromatic heterocycles. The van der Waals surface area contributed by atoms with Crippen LogP contribution in [0.3, 0.4) is 0 Å². The molecule has 1 fully saturated rings. The van der Waals surface area contributed by atoms with Gasteiger partial charge in [-0.1, -0.05) is 0 Å². The van der Waals surface area contributed by atoms with Crippen LogP contribution in [0.2, 0.25) is 0 Å². The van der Waals surface area contributed by atoms with E-state index in [1.807, 2.05) is 29.2 Å². The van der Waals surface area contributed by atoms with Gasteiger partial charge < -0.3 is 15.0 Å². The second-order valence-corrected chi connectivity index (χ2v) is 5.26. The maximum Gasteiger partial charge on any atom is 0.405 e. The van der Waals surface area contributed by atoms with Gasteiger partial charge in [-0.05, 0) is 21.0 Å². The molecule has 0 radical (unpaired) electrons. The predicted octanol–water partition coefficient (Wildman–Crippen LogP) is 0.316. The second-order valence-electron chi connectivity index (χ2n) is 5.26. The van der Waals surface area contributed by atoms with E-state index in [0.717, 1.165) is 0 Å². The van der Waals surface area contributed by atoms with Crippen LogP contribution in [0.5, 0.6) is 0 Å². The minimum atomic E-state index is -4.38. The Morgan fingerprint density at radius 3 is 2.70 bits per heavy atom. The van der Waals surface area contributed by atoms with Gasteiger partial charge in [0.2, 0.25) is 5.91 Å². The van der Waals surface area contributed by atoms with Gasteiger partial charge >= 0.3 is 6.18 Å². The molecule has 20 heavy (non-hydrogen) atoms. The quantitative estimate of drug-likeness (QED) is 0.793. The number of amides is 1. The van der Waals surface area contributed by atoms with Gasteiger partial charge in [0.25, 0.3) is 0 Å². The van der Waals surface area contributed by atoms with E-state index in [1.54, 1.807) is 6.92 Å². The monoisotopic (exact) mass is 297 g/mol. The van der Waals surface area contributed by atoms with Gasteiger partial charge in [-0.2, -0.15) is 13.2 Å². The maximum absolute atomic E-state index is 12.1. The Labute approximate surface area is 117 Å². The molecule has 1 saturated heterocycles. The van der Waals surface area contributed by atoms with Crippen LogP contribution in [-0.4, -0.2) is 80.9 Å². The van der Waals surface area contributed by atoms with Crippen molar-refractivity contribution in [3.63, 3.8) is 0 Å². The van der Waals surface area contributed by atoms with Gasteiger partial charge in [0.15, 0.2) is 0 Å². The van der Waals surface area contributed by atoms with Gasteiger partial charge in [0.1, 0.15) is 6.54 Å². The first kappa shape index (κ1) is 17.2. The number of alkyl halides is 3. The van der Waals surface area contributed by atoms with Crippen molar-refractivity contribution in [1.29, 1.82) is 0 Å². The molecule has 0 aromatic rings. The van der Waals surface area contributed by atoms with E-state index in [9.17, 15) is 18.0 Å². The average molecular weight is 297 g/mol. The van der Waals surface area contributed by atoms with Crippen LogP contribution in [-0.2, 0) is 9.53 Å². The van der Waals surface area contributed by atoms with Crippen molar-refractivity contribution in [3.8, 4) is 0 Å². The summed E-state index contributed by atoms with van der Waals surface area (Å²) < 4.78 is 41.8. The summed E-state index contributed by atoms with van der Waals surface area (Å²) in [6, 6.07) is -0.592. The standard InChI is InChI=1S/C12H22F3N3O2/c1-9(11(19)16-8-12(13,14)15)18-4-5-20-10(7-18)6-17(2)3/h9-10H,4-8H2,1-3H3,(H,16,19)/t9-,10+/m1/s1. The van der Waals surface area contributed by atoms with E-state index >= 15 is 0 Å². The van der Waals surface area contributed by atoms with Gasteiger partial charge in [-0.25, -0.2) is 0 Å². The van der Waals surface area contributed by atoms with Gasteiger partial charge in [0.05, 0.1) is 18.8 Å². The number of carbonyl (C=O) groups is 1. The highest BCUT2D eigenvalue weighted by Gasteiger charge is 2.31. The number of morpholine rings is 1. The molecule has 8 heteroatoms. The van der Waals surface area contributed by atoms with Crippen LogP contribution in [0.4, 0.5) is 13.2 Å². The van der Waals surface area contributed by atoms with Crippen molar-refractivity contribution < 1.29 is 22.7 Å². The van der Waals surface area contributed by atoms with E-state index in [-0.39, 0.29) is 6.10 Å². The van der Waals surface area contributed by atoms with Crippen molar-refractivity contribution in [2.24, 2.45) is 0 Å². The zero-order chi connectivity index (χ0) is 15.3. The lowest BCUT2D eigenvalue weighted by molar-refractivity contribution is -0.143. The molecule has 0 bridgehead atoms. The molecular formula is C12H22F3N3O2. The fourth-order valence-corrected chi connectivity index (χ4v) is 2.11. The SMILES string of the molecule is C[C@H](C(=O)NCC(F)(F)F)N1CCO[C@@H](CN(C)C)C1. The number of ether oxygens (including phenoxy) is 1. The fourth-order valence-electron chi connectivity index (χ4n) is 2.11. The first-order chi connectivity index (χ1) is 9.19. The number of halogens is 3. The van der Waals surface area contributed by atoms with Crippen LogP contribution < -0.4 is 5.32 Å². The fraction of sp³-hybridized carbons (Fsp3) is 0.917. The van der Waals surface area contributed by atoms with Gasteiger partial charge in [-0.15, -0.1) is 0 Å². The van der Waals surface area contributed by atoms with E-state index in [2.05, 4.69) is 0 Å². The third kappa shape index (κ3) is 6.06. The van der Waals surface area contributed by atoms with Crippen molar-refractivity contribution in [1.82, 2.24) is 15.1 Å². The lowest BCUT2D eigenvalue weighted by Crippen LogP contribution is -2.54. The van der Waals surface area contributed by atoms with Crippen molar-refractivity contribution >= 4 is 5.91 Å². The topological polar surface area (TPSA) is 44.8 Å². The highest BCUT2D eigenvalue weighted by atomic mass is 19.4. The van der Waals surface area contributed by atoms with Crippen LogP contribution in [0, 0.1) is 0 Å². The third-order valence-electron chi connectivity index (χ3n) is 3.13. The molecule has 0 unspecified atom stereocenters. The minimum absolute atomic E-state index is 0.0309. The Balaban J connectivity index is 2.45. The molecule has 1 heterocycles. The van der Waals surface area contributed by atoms with Gasteiger partial charge in [-0.3, -0.25) is 9.69 Å². The van der Waals surface area contributed by atoms with Crippen molar-refractivity contribution in [2.45, 2.75) is 25.2 Å². The zero-order valence-corrected chi connectivity index (χ0v) is 12.0. The summed E-state index contributed by atoms with van der Waals surface area (Å²) in [4.78, 5) is 15.5. The number of hydrogen-bond donors (Lipinski definition) is 1. The van der Waals surface area contributed by atoms with Crippen LogP contribution in [0.1, 0.15) is 6.92 Å². The zero-order valence-electron chi connectivity index (χ0n) is 12.0. The van der Waals surface area contributed by atoms with E-state index in [0.29, 0.717) is 26.2 Å². The van der Waals surface area contributed by atoms with Gasteiger partial charge in [0, 0.05) is 19.6 Å². The van der Waals surface area contributed by atoms with Crippen LogP contribution in [0.15, 0.2) is 0 Å². The van der Waals surface area contributed by atoms with Crippen LogP contribution in [0.25, 0.3) is 0 Å². The molecule has 1 aliphatic heterocycles. The Morgan fingerprint density at radius 1 is 1.50 bits per heavy atom. The predicted molar refractivity (Wildman–Crippen MR) is 68.4 cm³/mol. The highest BCUT2D eigenvalue weighted by Crippen LogP contribution is 2.13. The molecule has 1 amide bonds. The lowest BCUT2D eigenvalue weighted by Gasteiger charge is -2.37. The molecule has 1 aliphatic rings. The normalized spacial score (nSPS) is 22.9. The summed E-state index contributed by atoms with van der Waals surface area (Å²) >= 11 is 0. The van der Waals surface area contributed by atoms with E-state index < -0.39 is 24.7 Å². The summed E-state index contributed by atoms with van der Waals surface area (Å²) in [6.07, 6.45) is -4.41. The number of rotatable bonds is 5. The van der Waals surface area contributed by atoms with Crippen molar-refractivity contribution in [3.05, 3.63) is 0 Å². The van der Waals surface area contributed by atoms with E-state index in [4.69, 9.17) is 4.74 Å². The number of nitrogens with one attached hydrogen (secondary N) is 1. The highest BCUT2D eigenvalue weighted by molar-refractivity contribution is 5.81. The number of carbonyl (C=O) groups excluding carboxylic acids is 1. The molecule has 118 valence electrons. The summed E-state index contributed by atoms with van der Waals surface area (Å²) in [5, 5.41) is 1.92. The Hall–Kier alpha value is -0.860. The molecular weight excluding hydrogens is 275 g/mol. The van der Waals surface area contributed by atoms with Crippen molar-refractivity contribution in [2.75, 3.05) is 46.9 Å². The first-order valence-electron chi connectivity index (χ1n) is 6.54. The number of likely N-dealkylation sites (N-methyl/N-ethyl adjacent to an activating group) is 1. The lowest BCUT2D eigenvalue weighted by atomic mass is 10.2. The Kier molecular flexibility index (Phi) is 6.22. The smallest absolute Gasteiger partial charge is 0.374 e.